The van der Waals surface area contributed by atoms with Crippen LogP contribution >= 0.6 is 0 Å². The van der Waals surface area contributed by atoms with Gasteiger partial charge in [0.05, 0.1) is 39.1 Å². The molecule has 0 radical (unpaired) electrons. The fourth-order valence-electron chi connectivity index (χ4n) is 3.88. The molecule has 0 bridgehead atoms. The van der Waals surface area contributed by atoms with E-state index in [0.29, 0.717) is 45.6 Å². The molecule has 0 saturated carbocycles. The summed E-state index contributed by atoms with van der Waals surface area (Å²) in [5.41, 5.74) is 3.24. The Labute approximate surface area is 201 Å². The Morgan fingerprint density at radius 3 is 2.37 bits per heavy atom. The molecule has 0 unspecified atom stereocenters. The van der Waals surface area contributed by atoms with E-state index in [4.69, 9.17) is 18.6 Å². The van der Waals surface area contributed by atoms with Crippen molar-refractivity contribution in [2.45, 2.75) is 13.5 Å². The Balaban J connectivity index is 1.47. The number of methoxy groups -OCH3 is 3. The summed E-state index contributed by atoms with van der Waals surface area (Å²) in [4.78, 5) is 17.9. The molecule has 3 aromatic heterocycles. The standard InChI is InChI=1S/C26H24N4O5/c1-16-22(27-25(35-16)20-10-9-19(33-3)13-24(20)34-4)15-29-11-12-30-23(26(29)31)14-21(28-30)17-5-7-18(32-2)8-6-17/h5-14H,15H2,1-4H3. The predicted octanol–water partition coefficient (Wildman–Crippen LogP) is 4.20. The molecule has 0 spiro atoms. The quantitative estimate of drug-likeness (QED) is 0.350. The average Bonchev–Trinajstić information content (AvgIpc) is 3.49. The van der Waals surface area contributed by atoms with Crippen LogP contribution in [-0.2, 0) is 6.54 Å². The molecule has 5 aromatic rings. The highest BCUT2D eigenvalue weighted by Gasteiger charge is 2.17. The van der Waals surface area contributed by atoms with Gasteiger partial charge < -0.3 is 23.2 Å². The minimum atomic E-state index is -0.175. The Bertz CT molecular complexity index is 1560. The lowest BCUT2D eigenvalue weighted by atomic mass is 10.1. The molecular formula is C26H24N4O5. The molecule has 0 aliphatic rings. The van der Waals surface area contributed by atoms with E-state index < -0.39 is 0 Å². The van der Waals surface area contributed by atoms with Crippen molar-refractivity contribution in [2.75, 3.05) is 21.3 Å². The average molecular weight is 473 g/mol. The van der Waals surface area contributed by atoms with Crippen molar-refractivity contribution in [3.63, 3.8) is 0 Å². The first kappa shape index (κ1) is 22.3. The van der Waals surface area contributed by atoms with Crippen molar-refractivity contribution >= 4 is 5.52 Å². The van der Waals surface area contributed by atoms with E-state index >= 15 is 0 Å². The van der Waals surface area contributed by atoms with Crippen LogP contribution in [0.25, 0.3) is 28.2 Å². The van der Waals surface area contributed by atoms with Crippen molar-refractivity contribution in [3.05, 3.63) is 82.7 Å². The third kappa shape index (κ3) is 4.12. The lowest BCUT2D eigenvalue weighted by Gasteiger charge is -2.07. The van der Waals surface area contributed by atoms with Gasteiger partial charge in [0.2, 0.25) is 5.89 Å². The van der Waals surface area contributed by atoms with Crippen LogP contribution in [0, 0.1) is 6.92 Å². The maximum absolute atomic E-state index is 13.2. The summed E-state index contributed by atoms with van der Waals surface area (Å²) in [6.07, 6.45) is 3.45. The molecule has 0 fully saturated rings. The van der Waals surface area contributed by atoms with Gasteiger partial charge in [0.1, 0.15) is 34.2 Å². The van der Waals surface area contributed by atoms with E-state index in [1.807, 2.05) is 43.3 Å². The van der Waals surface area contributed by atoms with E-state index in [9.17, 15) is 4.79 Å². The molecule has 0 aliphatic carbocycles. The molecule has 0 saturated heterocycles. The van der Waals surface area contributed by atoms with Gasteiger partial charge in [-0.2, -0.15) is 5.10 Å². The molecule has 5 rings (SSSR count). The third-order valence-electron chi connectivity index (χ3n) is 5.84. The van der Waals surface area contributed by atoms with Crippen molar-refractivity contribution in [1.82, 2.24) is 19.2 Å². The van der Waals surface area contributed by atoms with Gasteiger partial charge in [-0.05, 0) is 49.4 Å². The minimum absolute atomic E-state index is 0.175. The molecule has 0 aliphatic heterocycles. The molecule has 3 heterocycles. The first-order valence-corrected chi connectivity index (χ1v) is 10.9. The van der Waals surface area contributed by atoms with Crippen molar-refractivity contribution in [2.24, 2.45) is 0 Å². The smallest absolute Gasteiger partial charge is 0.276 e. The monoisotopic (exact) mass is 472 g/mol. The van der Waals surface area contributed by atoms with Crippen LogP contribution in [0.5, 0.6) is 17.2 Å². The highest BCUT2D eigenvalue weighted by atomic mass is 16.5. The molecule has 35 heavy (non-hydrogen) atoms. The maximum Gasteiger partial charge on any atom is 0.276 e. The highest BCUT2D eigenvalue weighted by molar-refractivity contribution is 5.66. The van der Waals surface area contributed by atoms with E-state index in [1.165, 1.54) is 0 Å². The van der Waals surface area contributed by atoms with Gasteiger partial charge in [-0.25, -0.2) is 9.50 Å². The zero-order valence-corrected chi connectivity index (χ0v) is 19.8. The topological polar surface area (TPSA) is 93.0 Å². The molecular weight excluding hydrogens is 448 g/mol. The lowest BCUT2D eigenvalue weighted by Crippen LogP contribution is -2.22. The number of rotatable bonds is 7. The number of hydrogen-bond acceptors (Lipinski definition) is 7. The van der Waals surface area contributed by atoms with E-state index in [2.05, 4.69) is 10.1 Å². The second kappa shape index (κ2) is 9.02. The van der Waals surface area contributed by atoms with Crippen molar-refractivity contribution in [3.8, 4) is 40.0 Å². The fourth-order valence-corrected chi connectivity index (χ4v) is 3.88. The minimum Gasteiger partial charge on any atom is -0.497 e. The Morgan fingerprint density at radius 2 is 1.66 bits per heavy atom. The number of aromatic nitrogens is 4. The number of ether oxygens (including phenoxy) is 3. The molecule has 9 nitrogen and oxygen atoms in total. The summed E-state index contributed by atoms with van der Waals surface area (Å²) in [5.74, 6) is 3.05. The van der Waals surface area contributed by atoms with E-state index in [1.54, 1.807) is 54.9 Å². The summed E-state index contributed by atoms with van der Waals surface area (Å²) in [7, 11) is 4.79. The van der Waals surface area contributed by atoms with Crippen LogP contribution in [0.2, 0.25) is 0 Å². The second-order valence-corrected chi connectivity index (χ2v) is 7.91. The summed E-state index contributed by atoms with van der Waals surface area (Å²) in [6, 6.07) is 14.7. The summed E-state index contributed by atoms with van der Waals surface area (Å²) >= 11 is 0. The van der Waals surface area contributed by atoms with Crippen molar-refractivity contribution < 1.29 is 18.6 Å². The number of benzene rings is 2. The number of nitrogens with zero attached hydrogens (tertiary/aromatic N) is 4. The number of oxazole rings is 1. The van der Waals surface area contributed by atoms with Crippen LogP contribution in [0.4, 0.5) is 0 Å². The van der Waals surface area contributed by atoms with Crippen LogP contribution in [0.1, 0.15) is 11.5 Å². The zero-order chi connectivity index (χ0) is 24.5. The molecule has 9 heteroatoms. The van der Waals surface area contributed by atoms with Crippen LogP contribution in [0.3, 0.4) is 0 Å². The van der Waals surface area contributed by atoms with Gasteiger partial charge in [0.25, 0.3) is 5.56 Å². The largest absolute Gasteiger partial charge is 0.497 e. The van der Waals surface area contributed by atoms with Gasteiger partial charge in [0.15, 0.2) is 0 Å². The molecule has 0 amide bonds. The predicted molar refractivity (Wildman–Crippen MR) is 130 cm³/mol. The van der Waals surface area contributed by atoms with Crippen LogP contribution < -0.4 is 19.8 Å². The van der Waals surface area contributed by atoms with Gasteiger partial charge in [-0.3, -0.25) is 4.79 Å². The van der Waals surface area contributed by atoms with Gasteiger partial charge in [0, 0.05) is 24.0 Å². The maximum atomic E-state index is 13.2. The normalized spacial score (nSPS) is 11.1. The molecule has 0 N–H and O–H groups in total. The zero-order valence-electron chi connectivity index (χ0n) is 19.8. The Morgan fingerprint density at radius 1 is 0.914 bits per heavy atom. The number of hydrogen-bond donors (Lipinski definition) is 0. The van der Waals surface area contributed by atoms with Crippen LogP contribution in [0.15, 0.2) is 70.1 Å². The number of aryl methyl sites for hydroxylation is 1. The Hall–Kier alpha value is -4.53. The van der Waals surface area contributed by atoms with Gasteiger partial charge >= 0.3 is 0 Å². The van der Waals surface area contributed by atoms with Crippen molar-refractivity contribution in [1.29, 1.82) is 0 Å². The summed E-state index contributed by atoms with van der Waals surface area (Å²) < 4.78 is 25.1. The van der Waals surface area contributed by atoms with Crippen LogP contribution in [-0.4, -0.2) is 40.5 Å². The fraction of sp³-hybridized carbons (Fsp3) is 0.192. The lowest BCUT2D eigenvalue weighted by molar-refractivity contribution is 0.394. The third-order valence-corrected chi connectivity index (χ3v) is 5.84. The molecule has 0 atom stereocenters. The van der Waals surface area contributed by atoms with E-state index in [-0.39, 0.29) is 12.1 Å². The number of fused-ring (bicyclic) bond motifs is 1. The summed E-state index contributed by atoms with van der Waals surface area (Å²) in [6.45, 7) is 2.08. The van der Waals surface area contributed by atoms with Gasteiger partial charge in [-0.1, -0.05) is 0 Å². The second-order valence-electron chi connectivity index (χ2n) is 7.91. The van der Waals surface area contributed by atoms with E-state index in [0.717, 1.165) is 11.3 Å². The highest BCUT2D eigenvalue weighted by Crippen LogP contribution is 2.33. The summed E-state index contributed by atoms with van der Waals surface area (Å²) in [5, 5.41) is 4.55. The Kier molecular flexibility index (Phi) is 5.74. The molecule has 2 aromatic carbocycles. The van der Waals surface area contributed by atoms with Gasteiger partial charge in [-0.15, -0.1) is 0 Å². The molecule has 178 valence electrons. The first-order valence-electron chi connectivity index (χ1n) is 10.9. The first-order chi connectivity index (χ1) is 17.0. The SMILES string of the molecule is COc1ccc(-c2cc3c(=O)n(Cc4nc(-c5ccc(OC)cc5OC)oc4C)ccn3n2)cc1.